The van der Waals surface area contributed by atoms with Crippen LogP contribution in [0.25, 0.3) is 0 Å². The quantitative estimate of drug-likeness (QED) is 0.846. The molecule has 2 nitrogen and oxygen atoms in total. The van der Waals surface area contributed by atoms with Crippen molar-refractivity contribution in [2.75, 3.05) is 7.11 Å². The van der Waals surface area contributed by atoms with Crippen LogP contribution in [0, 0.1) is 19.8 Å². The molecular weight excluding hydrogens is 198 g/mol. The Morgan fingerprint density at radius 1 is 1.19 bits per heavy atom. The Morgan fingerprint density at radius 2 is 1.69 bits per heavy atom. The Balaban J connectivity index is 2.99. The minimum absolute atomic E-state index is 0.128. The van der Waals surface area contributed by atoms with Gasteiger partial charge in [-0.25, -0.2) is 0 Å². The number of benzene rings is 1. The van der Waals surface area contributed by atoms with Crippen LogP contribution in [-0.2, 0) is 0 Å². The molecule has 0 aliphatic rings. The van der Waals surface area contributed by atoms with Gasteiger partial charge in [-0.1, -0.05) is 26.0 Å². The normalized spacial score (nSPS) is 12.9. The third-order valence-electron chi connectivity index (χ3n) is 2.84. The standard InChI is InChI=1S/C14H23NO/c1-9(2)6-13(15)12-7-10(3)14(16-5)11(4)8-12/h7-9,13H,6,15H2,1-5H3/t13-/m0/s1. The van der Waals surface area contributed by atoms with Crippen LogP contribution in [0.2, 0.25) is 0 Å². The van der Waals surface area contributed by atoms with Gasteiger partial charge in [0, 0.05) is 6.04 Å². The molecule has 0 radical (unpaired) electrons. The van der Waals surface area contributed by atoms with E-state index in [0.29, 0.717) is 5.92 Å². The molecule has 1 aromatic carbocycles. The summed E-state index contributed by atoms with van der Waals surface area (Å²) in [5.74, 6) is 1.60. The summed E-state index contributed by atoms with van der Waals surface area (Å²) in [6.45, 7) is 8.53. The summed E-state index contributed by atoms with van der Waals surface area (Å²) in [6.07, 6.45) is 1.02. The zero-order valence-corrected chi connectivity index (χ0v) is 11.0. The Kier molecular flexibility index (Phi) is 4.36. The van der Waals surface area contributed by atoms with Crippen molar-refractivity contribution in [1.82, 2.24) is 0 Å². The largest absolute Gasteiger partial charge is 0.496 e. The second-order valence-corrected chi connectivity index (χ2v) is 4.92. The Hall–Kier alpha value is -1.02. The van der Waals surface area contributed by atoms with Crippen LogP contribution in [0.15, 0.2) is 12.1 Å². The lowest BCUT2D eigenvalue weighted by Gasteiger charge is -2.17. The van der Waals surface area contributed by atoms with Gasteiger partial charge >= 0.3 is 0 Å². The van der Waals surface area contributed by atoms with Crippen molar-refractivity contribution in [1.29, 1.82) is 0 Å². The molecule has 0 aliphatic carbocycles. The molecule has 1 atom stereocenters. The van der Waals surface area contributed by atoms with E-state index in [1.165, 1.54) is 5.56 Å². The van der Waals surface area contributed by atoms with Crippen LogP contribution in [0.1, 0.15) is 43.0 Å². The van der Waals surface area contributed by atoms with Gasteiger partial charge in [0.25, 0.3) is 0 Å². The van der Waals surface area contributed by atoms with Crippen LogP contribution >= 0.6 is 0 Å². The predicted molar refractivity (Wildman–Crippen MR) is 68.9 cm³/mol. The van der Waals surface area contributed by atoms with Gasteiger partial charge in [0.1, 0.15) is 5.75 Å². The minimum Gasteiger partial charge on any atom is -0.496 e. The third-order valence-corrected chi connectivity index (χ3v) is 2.84. The molecule has 90 valence electrons. The summed E-state index contributed by atoms with van der Waals surface area (Å²) in [5.41, 5.74) is 9.72. The highest BCUT2D eigenvalue weighted by Gasteiger charge is 2.12. The van der Waals surface area contributed by atoms with Crippen molar-refractivity contribution < 1.29 is 4.74 Å². The van der Waals surface area contributed by atoms with E-state index >= 15 is 0 Å². The zero-order chi connectivity index (χ0) is 12.3. The van der Waals surface area contributed by atoms with E-state index in [0.717, 1.165) is 23.3 Å². The molecular formula is C14H23NO. The van der Waals surface area contributed by atoms with E-state index in [1.807, 2.05) is 0 Å². The highest BCUT2D eigenvalue weighted by atomic mass is 16.5. The van der Waals surface area contributed by atoms with Gasteiger partial charge in [0.05, 0.1) is 7.11 Å². The fourth-order valence-electron chi connectivity index (χ4n) is 2.16. The number of nitrogens with two attached hydrogens (primary N) is 1. The highest BCUT2D eigenvalue weighted by molar-refractivity contribution is 5.44. The molecule has 0 heterocycles. The number of rotatable bonds is 4. The summed E-state index contributed by atoms with van der Waals surface area (Å²) in [6, 6.07) is 4.40. The van der Waals surface area contributed by atoms with Crippen molar-refractivity contribution in [3.05, 3.63) is 28.8 Å². The van der Waals surface area contributed by atoms with Crippen molar-refractivity contribution in [3.63, 3.8) is 0 Å². The molecule has 0 aliphatic heterocycles. The van der Waals surface area contributed by atoms with E-state index in [2.05, 4.69) is 39.8 Å². The topological polar surface area (TPSA) is 35.2 Å². The fraction of sp³-hybridized carbons (Fsp3) is 0.571. The minimum atomic E-state index is 0.128. The second-order valence-electron chi connectivity index (χ2n) is 4.92. The Labute approximate surface area is 98.8 Å². The molecule has 0 amide bonds. The van der Waals surface area contributed by atoms with E-state index in [1.54, 1.807) is 7.11 Å². The first-order chi connectivity index (χ1) is 7.45. The molecule has 2 N–H and O–H groups in total. The molecule has 0 saturated carbocycles. The van der Waals surface area contributed by atoms with E-state index in [-0.39, 0.29) is 6.04 Å². The van der Waals surface area contributed by atoms with Crippen LogP contribution in [0.4, 0.5) is 0 Å². The van der Waals surface area contributed by atoms with Gasteiger partial charge < -0.3 is 10.5 Å². The van der Waals surface area contributed by atoms with E-state index in [9.17, 15) is 0 Å². The SMILES string of the molecule is COc1c(C)cc([C@@H](N)CC(C)C)cc1C. The molecule has 0 aromatic heterocycles. The number of hydrogen-bond acceptors (Lipinski definition) is 2. The first-order valence-electron chi connectivity index (χ1n) is 5.86. The van der Waals surface area contributed by atoms with Gasteiger partial charge in [0.2, 0.25) is 0 Å². The van der Waals surface area contributed by atoms with Crippen LogP contribution in [0.5, 0.6) is 5.75 Å². The summed E-state index contributed by atoms with van der Waals surface area (Å²) in [4.78, 5) is 0. The molecule has 1 rings (SSSR count). The van der Waals surface area contributed by atoms with Crippen LogP contribution in [0.3, 0.4) is 0 Å². The average Bonchev–Trinajstić information content (AvgIpc) is 2.16. The van der Waals surface area contributed by atoms with Gasteiger partial charge in [-0.05, 0) is 42.9 Å². The number of methoxy groups -OCH3 is 1. The van der Waals surface area contributed by atoms with Crippen molar-refractivity contribution in [3.8, 4) is 5.75 Å². The van der Waals surface area contributed by atoms with Crippen molar-refractivity contribution in [2.45, 2.75) is 40.2 Å². The summed E-state index contributed by atoms with van der Waals surface area (Å²) in [7, 11) is 1.71. The maximum absolute atomic E-state index is 6.18. The second kappa shape index (κ2) is 5.35. The van der Waals surface area contributed by atoms with E-state index in [4.69, 9.17) is 10.5 Å². The molecule has 0 saturated heterocycles. The van der Waals surface area contributed by atoms with Crippen molar-refractivity contribution >= 4 is 0 Å². The highest BCUT2D eigenvalue weighted by Crippen LogP contribution is 2.28. The summed E-state index contributed by atoms with van der Waals surface area (Å²) < 4.78 is 5.35. The molecule has 0 fully saturated rings. The Bertz CT molecular complexity index is 335. The van der Waals surface area contributed by atoms with Gasteiger partial charge in [-0.15, -0.1) is 0 Å². The monoisotopic (exact) mass is 221 g/mol. The molecule has 16 heavy (non-hydrogen) atoms. The van der Waals surface area contributed by atoms with Gasteiger partial charge in [-0.2, -0.15) is 0 Å². The maximum Gasteiger partial charge on any atom is 0.124 e. The van der Waals surface area contributed by atoms with Gasteiger partial charge in [-0.3, -0.25) is 0 Å². The predicted octanol–water partition coefficient (Wildman–Crippen LogP) is 3.36. The lowest BCUT2D eigenvalue weighted by molar-refractivity contribution is 0.408. The lowest BCUT2D eigenvalue weighted by Crippen LogP contribution is -2.13. The first kappa shape index (κ1) is 13.0. The molecule has 0 spiro atoms. The van der Waals surface area contributed by atoms with Crippen LogP contribution in [-0.4, -0.2) is 7.11 Å². The molecule has 0 bridgehead atoms. The lowest BCUT2D eigenvalue weighted by atomic mass is 9.95. The number of aryl methyl sites for hydroxylation is 2. The first-order valence-corrected chi connectivity index (χ1v) is 5.86. The molecule has 1 aromatic rings. The molecule has 0 unspecified atom stereocenters. The maximum atomic E-state index is 6.18. The number of ether oxygens (including phenoxy) is 1. The molecule has 2 heteroatoms. The number of hydrogen-bond donors (Lipinski definition) is 1. The summed E-state index contributed by atoms with van der Waals surface area (Å²) in [5, 5.41) is 0. The summed E-state index contributed by atoms with van der Waals surface area (Å²) >= 11 is 0. The van der Waals surface area contributed by atoms with E-state index < -0.39 is 0 Å². The van der Waals surface area contributed by atoms with Gasteiger partial charge in [0.15, 0.2) is 0 Å². The zero-order valence-electron chi connectivity index (χ0n) is 11.0. The average molecular weight is 221 g/mol. The van der Waals surface area contributed by atoms with Crippen LogP contribution < -0.4 is 10.5 Å². The smallest absolute Gasteiger partial charge is 0.124 e. The van der Waals surface area contributed by atoms with Crippen molar-refractivity contribution in [2.24, 2.45) is 11.7 Å². The Morgan fingerprint density at radius 3 is 2.06 bits per heavy atom. The third kappa shape index (κ3) is 2.99. The fourth-order valence-corrected chi connectivity index (χ4v) is 2.16.